The van der Waals surface area contributed by atoms with E-state index in [0.717, 1.165) is 0 Å². The van der Waals surface area contributed by atoms with E-state index < -0.39 is 23.5 Å². The zero-order chi connectivity index (χ0) is 13.9. The summed E-state index contributed by atoms with van der Waals surface area (Å²) in [5.41, 5.74) is -0.688. The van der Waals surface area contributed by atoms with Gasteiger partial charge in [-0.05, 0) is 32.6 Å². The van der Waals surface area contributed by atoms with E-state index in [9.17, 15) is 9.59 Å². The van der Waals surface area contributed by atoms with Crippen LogP contribution in [0.3, 0.4) is 0 Å². The average molecular weight is 244 g/mol. The molecule has 0 unspecified atom stereocenters. The standard InChI is InChI=1S/C13H24O4/c1-12(2,3)8-9(11(15)16)7-10(14)17-13(4,5)6/h9H,7-8H2,1-6H3,(H,15,16)/t9-/m0/s1. The summed E-state index contributed by atoms with van der Waals surface area (Å²) >= 11 is 0. The Balaban J connectivity index is 4.47. The van der Waals surface area contributed by atoms with Gasteiger partial charge in [0.25, 0.3) is 0 Å². The summed E-state index contributed by atoms with van der Waals surface area (Å²) < 4.78 is 5.13. The van der Waals surface area contributed by atoms with Crippen molar-refractivity contribution in [1.82, 2.24) is 0 Å². The van der Waals surface area contributed by atoms with Crippen LogP contribution in [0, 0.1) is 11.3 Å². The number of carboxylic acids is 1. The van der Waals surface area contributed by atoms with Gasteiger partial charge in [-0.1, -0.05) is 20.8 Å². The van der Waals surface area contributed by atoms with Crippen LogP contribution < -0.4 is 0 Å². The molecule has 1 N–H and O–H groups in total. The first-order valence-electron chi connectivity index (χ1n) is 5.85. The number of aliphatic carboxylic acids is 1. The molecule has 0 radical (unpaired) electrons. The lowest BCUT2D eigenvalue weighted by Crippen LogP contribution is -2.29. The molecule has 0 heterocycles. The first-order valence-corrected chi connectivity index (χ1v) is 5.85. The van der Waals surface area contributed by atoms with Gasteiger partial charge in [0.15, 0.2) is 0 Å². The predicted molar refractivity (Wildman–Crippen MR) is 65.7 cm³/mol. The fourth-order valence-electron chi connectivity index (χ4n) is 1.57. The first kappa shape index (κ1) is 15.9. The third-order valence-electron chi connectivity index (χ3n) is 2.04. The van der Waals surface area contributed by atoms with Gasteiger partial charge in [-0.3, -0.25) is 9.59 Å². The maximum atomic E-state index is 11.6. The Morgan fingerprint density at radius 3 is 1.88 bits per heavy atom. The molecular weight excluding hydrogens is 220 g/mol. The number of carboxylic acid groups (broad SMARTS) is 1. The Hall–Kier alpha value is -1.06. The third kappa shape index (κ3) is 8.72. The smallest absolute Gasteiger partial charge is 0.307 e. The van der Waals surface area contributed by atoms with E-state index in [1.165, 1.54) is 0 Å². The zero-order valence-corrected chi connectivity index (χ0v) is 11.7. The molecule has 0 spiro atoms. The first-order chi connectivity index (χ1) is 7.41. The number of ether oxygens (including phenoxy) is 1. The Morgan fingerprint density at radius 2 is 1.59 bits per heavy atom. The van der Waals surface area contributed by atoms with Crippen molar-refractivity contribution in [2.75, 3.05) is 0 Å². The fourth-order valence-corrected chi connectivity index (χ4v) is 1.57. The number of hydrogen-bond donors (Lipinski definition) is 1. The van der Waals surface area contributed by atoms with Gasteiger partial charge < -0.3 is 9.84 Å². The highest BCUT2D eigenvalue weighted by molar-refractivity contribution is 5.79. The predicted octanol–water partition coefficient (Wildman–Crippen LogP) is 2.86. The van der Waals surface area contributed by atoms with E-state index in [-0.39, 0.29) is 11.8 Å². The van der Waals surface area contributed by atoms with Crippen molar-refractivity contribution in [3.63, 3.8) is 0 Å². The Bertz CT molecular complexity index is 281. The van der Waals surface area contributed by atoms with Crippen molar-refractivity contribution in [1.29, 1.82) is 0 Å². The van der Waals surface area contributed by atoms with Crippen molar-refractivity contribution < 1.29 is 19.4 Å². The van der Waals surface area contributed by atoms with Crippen molar-refractivity contribution in [2.45, 2.75) is 60.0 Å². The van der Waals surface area contributed by atoms with Crippen molar-refractivity contribution in [2.24, 2.45) is 11.3 Å². The lowest BCUT2D eigenvalue weighted by atomic mass is 9.83. The molecule has 0 amide bonds. The average Bonchev–Trinajstić information content (AvgIpc) is 1.95. The molecule has 1 atom stereocenters. The zero-order valence-electron chi connectivity index (χ0n) is 11.7. The van der Waals surface area contributed by atoms with Gasteiger partial charge in [-0.25, -0.2) is 0 Å². The molecule has 0 saturated heterocycles. The summed E-state index contributed by atoms with van der Waals surface area (Å²) in [4.78, 5) is 22.6. The van der Waals surface area contributed by atoms with Gasteiger partial charge in [0.1, 0.15) is 5.60 Å². The third-order valence-corrected chi connectivity index (χ3v) is 2.04. The molecule has 0 aromatic rings. The topological polar surface area (TPSA) is 63.6 Å². The van der Waals surface area contributed by atoms with Gasteiger partial charge in [0, 0.05) is 0 Å². The van der Waals surface area contributed by atoms with Gasteiger partial charge in [0.05, 0.1) is 12.3 Å². The Kier molecular flexibility index (Phi) is 5.17. The molecule has 100 valence electrons. The van der Waals surface area contributed by atoms with Crippen LogP contribution in [0.25, 0.3) is 0 Å². The van der Waals surface area contributed by atoms with Crippen LogP contribution in [0.15, 0.2) is 0 Å². The van der Waals surface area contributed by atoms with Crippen molar-refractivity contribution in [3.8, 4) is 0 Å². The number of carbonyl (C=O) groups excluding carboxylic acids is 1. The summed E-state index contributed by atoms with van der Waals surface area (Å²) in [6.45, 7) is 11.2. The number of carbonyl (C=O) groups is 2. The number of hydrogen-bond acceptors (Lipinski definition) is 3. The summed E-state index contributed by atoms with van der Waals surface area (Å²) in [6.07, 6.45) is 0.394. The monoisotopic (exact) mass is 244 g/mol. The van der Waals surface area contributed by atoms with Gasteiger partial charge >= 0.3 is 11.9 Å². The minimum Gasteiger partial charge on any atom is -0.481 e. The summed E-state index contributed by atoms with van der Waals surface area (Å²) in [6, 6.07) is 0. The minimum absolute atomic E-state index is 0.0656. The quantitative estimate of drug-likeness (QED) is 0.772. The SMILES string of the molecule is CC(C)(C)C[C@H](CC(=O)OC(C)(C)C)C(=O)O. The second-order valence-electron chi connectivity index (χ2n) is 6.59. The summed E-state index contributed by atoms with van der Waals surface area (Å²) in [5.74, 6) is -2.07. The van der Waals surface area contributed by atoms with Crippen molar-refractivity contribution >= 4 is 11.9 Å². The van der Waals surface area contributed by atoms with E-state index in [2.05, 4.69) is 0 Å². The van der Waals surface area contributed by atoms with Crippen LogP contribution in [-0.2, 0) is 14.3 Å². The van der Waals surface area contributed by atoms with Crippen LogP contribution in [-0.4, -0.2) is 22.6 Å². The molecule has 4 heteroatoms. The maximum absolute atomic E-state index is 11.6. The van der Waals surface area contributed by atoms with E-state index in [1.807, 2.05) is 20.8 Å². The Labute approximate surface area is 103 Å². The molecule has 0 aromatic heterocycles. The van der Waals surface area contributed by atoms with E-state index in [1.54, 1.807) is 20.8 Å². The molecule has 0 bridgehead atoms. The van der Waals surface area contributed by atoms with Crippen molar-refractivity contribution in [3.05, 3.63) is 0 Å². The maximum Gasteiger partial charge on any atom is 0.307 e. The number of rotatable bonds is 4. The molecule has 0 aliphatic rings. The highest BCUT2D eigenvalue weighted by atomic mass is 16.6. The molecular formula is C13H24O4. The fraction of sp³-hybridized carbons (Fsp3) is 0.846. The number of esters is 1. The second kappa shape index (κ2) is 5.52. The molecule has 0 aliphatic heterocycles. The highest BCUT2D eigenvalue weighted by Crippen LogP contribution is 2.27. The molecule has 0 saturated carbocycles. The van der Waals surface area contributed by atoms with E-state index >= 15 is 0 Å². The summed E-state index contributed by atoms with van der Waals surface area (Å²) in [5, 5.41) is 9.08. The lowest BCUT2D eigenvalue weighted by molar-refractivity contribution is -0.160. The molecule has 4 nitrogen and oxygen atoms in total. The van der Waals surface area contributed by atoms with Crippen LogP contribution in [0.4, 0.5) is 0 Å². The largest absolute Gasteiger partial charge is 0.481 e. The van der Waals surface area contributed by atoms with Gasteiger partial charge in [0.2, 0.25) is 0 Å². The van der Waals surface area contributed by atoms with Crippen LogP contribution >= 0.6 is 0 Å². The molecule has 0 aromatic carbocycles. The lowest BCUT2D eigenvalue weighted by Gasteiger charge is -2.24. The summed E-state index contributed by atoms with van der Waals surface area (Å²) in [7, 11) is 0. The van der Waals surface area contributed by atoms with Gasteiger partial charge in [-0.15, -0.1) is 0 Å². The normalized spacial score (nSPS) is 14.2. The van der Waals surface area contributed by atoms with Crippen LogP contribution in [0.1, 0.15) is 54.4 Å². The second-order valence-corrected chi connectivity index (χ2v) is 6.59. The van der Waals surface area contributed by atoms with Gasteiger partial charge in [-0.2, -0.15) is 0 Å². The molecule has 17 heavy (non-hydrogen) atoms. The van der Waals surface area contributed by atoms with E-state index in [4.69, 9.17) is 9.84 Å². The highest BCUT2D eigenvalue weighted by Gasteiger charge is 2.28. The Morgan fingerprint density at radius 1 is 1.12 bits per heavy atom. The molecule has 0 fully saturated rings. The molecule has 0 aliphatic carbocycles. The van der Waals surface area contributed by atoms with Crippen LogP contribution in [0.2, 0.25) is 0 Å². The van der Waals surface area contributed by atoms with Crippen LogP contribution in [0.5, 0.6) is 0 Å². The molecule has 0 rings (SSSR count). The van der Waals surface area contributed by atoms with E-state index in [0.29, 0.717) is 6.42 Å². The minimum atomic E-state index is -0.939.